The van der Waals surface area contributed by atoms with Crippen molar-refractivity contribution in [2.24, 2.45) is 4.99 Å². The van der Waals surface area contributed by atoms with Gasteiger partial charge in [0.25, 0.3) is 5.91 Å². The number of aryl methyl sites for hydroxylation is 1. The number of carbonyl (C=O) groups is 1. The molecule has 0 saturated carbocycles. The van der Waals surface area contributed by atoms with Gasteiger partial charge in [0, 0.05) is 11.8 Å². The first-order chi connectivity index (χ1) is 12.1. The minimum atomic E-state index is -0.331. The second kappa shape index (κ2) is 6.38. The molecular weight excluding hydrogens is 352 g/mol. The van der Waals surface area contributed by atoms with Gasteiger partial charge in [-0.25, -0.2) is 4.99 Å². The van der Waals surface area contributed by atoms with Gasteiger partial charge in [-0.05, 0) is 30.3 Å². The number of para-hydroxylation sites is 1. The van der Waals surface area contributed by atoms with Gasteiger partial charge >= 0.3 is 0 Å². The molecule has 3 aromatic rings. The van der Waals surface area contributed by atoms with Crippen LogP contribution in [0.2, 0.25) is 0 Å². The van der Waals surface area contributed by atoms with Gasteiger partial charge in [-0.1, -0.05) is 48.5 Å². The van der Waals surface area contributed by atoms with Crippen molar-refractivity contribution in [1.82, 2.24) is 4.57 Å². The molecule has 0 saturated heterocycles. The molecule has 6 heteroatoms. The quantitative estimate of drug-likeness (QED) is 0.722. The molecule has 0 radical (unpaired) electrons. The molecule has 1 N–H and O–H groups in total. The number of amides is 1. The van der Waals surface area contributed by atoms with Gasteiger partial charge in [-0.2, -0.15) is 0 Å². The molecule has 0 aliphatic carbocycles. The number of nitrogens with zero attached hydrogens (tertiary/aromatic N) is 2. The molecule has 0 bridgehead atoms. The topological polar surface area (TPSA) is 54.6 Å². The average molecular weight is 366 g/mol. The van der Waals surface area contributed by atoms with E-state index in [0.717, 1.165) is 11.6 Å². The molecule has 4 nitrogen and oxygen atoms in total. The van der Waals surface area contributed by atoms with Crippen LogP contribution in [0.4, 0.5) is 0 Å². The van der Waals surface area contributed by atoms with E-state index in [1.54, 1.807) is 10.6 Å². The van der Waals surface area contributed by atoms with Crippen molar-refractivity contribution < 1.29 is 9.90 Å². The van der Waals surface area contributed by atoms with Gasteiger partial charge in [-0.3, -0.25) is 9.36 Å². The van der Waals surface area contributed by atoms with Crippen LogP contribution in [0, 0.1) is 3.95 Å². The Morgan fingerprint density at radius 2 is 1.80 bits per heavy atom. The first-order valence-corrected chi connectivity index (χ1v) is 9.07. The maximum absolute atomic E-state index is 12.3. The molecule has 1 aliphatic rings. The summed E-state index contributed by atoms with van der Waals surface area (Å²) in [6.45, 7) is 0.561. The molecule has 2 heterocycles. The number of fused-ring (bicyclic) bond motifs is 1. The molecule has 124 valence electrons. The van der Waals surface area contributed by atoms with Gasteiger partial charge < -0.3 is 5.11 Å². The van der Waals surface area contributed by atoms with Crippen LogP contribution in [0.25, 0.3) is 5.57 Å². The van der Waals surface area contributed by atoms with Crippen molar-refractivity contribution in [3.05, 3.63) is 79.6 Å². The summed E-state index contributed by atoms with van der Waals surface area (Å²) in [5.74, 6) is -0.288. The Hall–Kier alpha value is -2.57. The number of hydrogen-bond acceptors (Lipinski definition) is 4. The highest BCUT2D eigenvalue weighted by molar-refractivity contribution is 7.73. The summed E-state index contributed by atoms with van der Waals surface area (Å²) in [4.78, 5) is 16.9. The minimum absolute atomic E-state index is 0.0428. The zero-order valence-corrected chi connectivity index (χ0v) is 14.8. The van der Waals surface area contributed by atoms with Gasteiger partial charge in [0.05, 0.1) is 10.9 Å². The SMILES string of the molecule is O=C1N=c2ccccc2=C1c1sc(=S)n(CCc2ccccc2)c1O. The standard InChI is InChI=1S/C19H14N2O2S2/c22-17-15(13-8-4-5-9-14(13)20-17)16-18(23)21(19(24)25-16)11-10-12-6-2-1-3-7-12/h1-9,23H,10-11H2. The molecule has 1 aromatic heterocycles. The molecule has 0 fully saturated rings. The van der Waals surface area contributed by atoms with Gasteiger partial charge in [0.15, 0.2) is 3.95 Å². The third-order valence-electron chi connectivity index (χ3n) is 4.17. The monoisotopic (exact) mass is 366 g/mol. The fourth-order valence-corrected chi connectivity index (χ4v) is 4.32. The lowest BCUT2D eigenvalue weighted by atomic mass is 10.1. The normalized spacial score (nSPS) is 13.0. The van der Waals surface area contributed by atoms with Crippen molar-refractivity contribution in [2.45, 2.75) is 13.0 Å². The second-order valence-corrected chi connectivity index (χ2v) is 7.36. The van der Waals surface area contributed by atoms with E-state index in [0.29, 0.717) is 26.3 Å². The Morgan fingerprint density at radius 1 is 1.08 bits per heavy atom. The fraction of sp³-hybridized carbons (Fsp3) is 0.105. The maximum Gasteiger partial charge on any atom is 0.279 e. The van der Waals surface area contributed by atoms with Crippen LogP contribution in [0.5, 0.6) is 5.88 Å². The molecule has 1 amide bonds. The van der Waals surface area contributed by atoms with Crippen molar-refractivity contribution in [1.29, 1.82) is 0 Å². The summed E-state index contributed by atoms with van der Waals surface area (Å²) >= 11 is 6.67. The predicted octanol–water partition coefficient (Wildman–Crippen LogP) is 2.59. The number of carbonyl (C=O) groups excluding carboxylic acids is 1. The number of benzene rings is 2. The molecule has 0 spiro atoms. The average Bonchev–Trinajstić information content (AvgIpc) is 3.09. The third-order valence-corrected chi connectivity index (χ3v) is 5.63. The molecule has 1 aliphatic heterocycles. The Morgan fingerprint density at radius 3 is 2.60 bits per heavy atom. The van der Waals surface area contributed by atoms with Crippen molar-refractivity contribution in [3.63, 3.8) is 0 Å². The van der Waals surface area contributed by atoms with Crippen molar-refractivity contribution in [2.75, 3.05) is 0 Å². The third kappa shape index (κ3) is 2.83. The molecule has 2 aromatic carbocycles. The lowest BCUT2D eigenvalue weighted by Crippen LogP contribution is -2.22. The number of thiazole rings is 1. The Kier molecular flexibility index (Phi) is 4.07. The van der Waals surface area contributed by atoms with E-state index in [9.17, 15) is 9.90 Å². The van der Waals surface area contributed by atoms with Gasteiger partial charge in [0.2, 0.25) is 5.88 Å². The smallest absolute Gasteiger partial charge is 0.279 e. The zero-order chi connectivity index (χ0) is 17.4. The molecular formula is C19H14N2O2S2. The van der Waals surface area contributed by atoms with E-state index >= 15 is 0 Å². The highest BCUT2D eigenvalue weighted by Crippen LogP contribution is 2.32. The number of aromatic hydroxyl groups is 1. The first kappa shape index (κ1) is 15.9. The second-order valence-electron chi connectivity index (χ2n) is 5.72. The Bertz CT molecular complexity index is 1140. The largest absolute Gasteiger partial charge is 0.493 e. The highest BCUT2D eigenvalue weighted by atomic mass is 32.1. The van der Waals surface area contributed by atoms with Crippen LogP contribution in [0.15, 0.2) is 59.6 Å². The van der Waals surface area contributed by atoms with Gasteiger partial charge in [-0.15, -0.1) is 11.3 Å². The number of rotatable bonds is 4. The Balaban J connectivity index is 1.76. The summed E-state index contributed by atoms with van der Waals surface area (Å²) in [7, 11) is 0. The summed E-state index contributed by atoms with van der Waals surface area (Å²) < 4.78 is 2.23. The van der Waals surface area contributed by atoms with Crippen LogP contribution in [-0.2, 0) is 17.8 Å². The van der Waals surface area contributed by atoms with Crippen LogP contribution in [-0.4, -0.2) is 15.6 Å². The van der Waals surface area contributed by atoms with Gasteiger partial charge in [0.1, 0.15) is 4.88 Å². The van der Waals surface area contributed by atoms with Crippen LogP contribution in [0.1, 0.15) is 10.4 Å². The summed E-state index contributed by atoms with van der Waals surface area (Å²) in [5.41, 5.74) is 1.60. The van der Waals surface area contributed by atoms with E-state index < -0.39 is 0 Å². The fourth-order valence-electron chi connectivity index (χ4n) is 2.93. The van der Waals surface area contributed by atoms with E-state index in [2.05, 4.69) is 4.99 Å². The summed E-state index contributed by atoms with van der Waals surface area (Å²) in [5, 5.41) is 12.1. The molecule has 4 rings (SSSR count). The predicted molar refractivity (Wildman–Crippen MR) is 99.7 cm³/mol. The molecule has 0 unspecified atom stereocenters. The van der Waals surface area contributed by atoms with Crippen molar-refractivity contribution in [3.8, 4) is 5.88 Å². The maximum atomic E-state index is 12.3. The lowest BCUT2D eigenvalue weighted by Gasteiger charge is -2.05. The van der Waals surface area contributed by atoms with Crippen LogP contribution in [0.3, 0.4) is 0 Å². The first-order valence-electron chi connectivity index (χ1n) is 7.84. The lowest BCUT2D eigenvalue weighted by molar-refractivity contribution is -0.112. The highest BCUT2D eigenvalue weighted by Gasteiger charge is 2.24. The summed E-state index contributed by atoms with van der Waals surface area (Å²) in [6.07, 6.45) is 0.753. The van der Waals surface area contributed by atoms with E-state index in [4.69, 9.17) is 12.2 Å². The van der Waals surface area contributed by atoms with E-state index in [-0.39, 0.29) is 11.8 Å². The summed E-state index contributed by atoms with van der Waals surface area (Å²) in [6, 6.07) is 17.4. The van der Waals surface area contributed by atoms with E-state index in [1.165, 1.54) is 16.9 Å². The zero-order valence-electron chi connectivity index (χ0n) is 13.2. The number of aromatic nitrogens is 1. The molecule has 0 atom stereocenters. The number of hydrogen-bond donors (Lipinski definition) is 1. The Labute approximate surface area is 153 Å². The van der Waals surface area contributed by atoms with Crippen LogP contribution >= 0.6 is 23.6 Å². The van der Waals surface area contributed by atoms with Crippen molar-refractivity contribution >= 4 is 35.0 Å². The van der Waals surface area contributed by atoms with E-state index in [1.807, 2.05) is 48.5 Å². The molecule has 25 heavy (non-hydrogen) atoms. The van der Waals surface area contributed by atoms with Crippen LogP contribution < -0.4 is 10.6 Å². The minimum Gasteiger partial charge on any atom is -0.493 e.